The quantitative estimate of drug-likeness (QED) is 0.773. The number of halogens is 1. The fraction of sp³-hybridized carbons (Fsp3) is 0.364. The van der Waals surface area contributed by atoms with Crippen molar-refractivity contribution in [1.82, 2.24) is 0 Å². The molecule has 1 atom stereocenters. The van der Waals surface area contributed by atoms with Crippen LogP contribution in [0, 0.1) is 0 Å². The largest absolute Gasteiger partial charge is 0.478 e. The van der Waals surface area contributed by atoms with Crippen molar-refractivity contribution in [2.24, 2.45) is 5.73 Å². The maximum atomic E-state index is 10.9. The van der Waals surface area contributed by atoms with Crippen molar-refractivity contribution in [3.8, 4) is 0 Å². The van der Waals surface area contributed by atoms with Gasteiger partial charge in [-0.05, 0) is 36.5 Å². The van der Waals surface area contributed by atoms with Crippen molar-refractivity contribution in [2.75, 3.05) is 0 Å². The van der Waals surface area contributed by atoms with Gasteiger partial charge in [0.25, 0.3) is 0 Å². The van der Waals surface area contributed by atoms with Crippen LogP contribution in [0.5, 0.6) is 0 Å². The highest BCUT2D eigenvalue weighted by molar-refractivity contribution is 5.90. The molecule has 1 aliphatic carbocycles. The molecule has 0 heterocycles. The minimum Gasteiger partial charge on any atom is -0.478 e. The maximum absolute atomic E-state index is 10.9. The van der Waals surface area contributed by atoms with Crippen LogP contribution in [0.15, 0.2) is 18.2 Å². The van der Waals surface area contributed by atoms with E-state index in [1.807, 2.05) is 6.07 Å². The molecule has 4 heteroatoms. The molecule has 2 rings (SSSR count). The third kappa shape index (κ3) is 2.13. The van der Waals surface area contributed by atoms with Gasteiger partial charge in [0.05, 0.1) is 5.56 Å². The zero-order valence-corrected chi connectivity index (χ0v) is 9.09. The molecule has 0 aromatic heterocycles. The first kappa shape index (κ1) is 12.0. The van der Waals surface area contributed by atoms with E-state index in [2.05, 4.69) is 0 Å². The zero-order valence-electron chi connectivity index (χ0n) is 8.27. The van der Waals surface area contributed by atoms with E-state index in [-0.39, 0.29) is 18.4 Å². The van der Waals surface area contributed by atoms with E-state index in [0.717, 1.165) is 30.4 Å². The molecule has 0 saturated carbocycles. The Hall–Kier alpha value is -1.06. The van der Waals surface area contributed by atoms with Gasteiger partial charge in [-0.3, -0.25) is 0 Å². The molecular weight excluding hydrogens is 214 g/mol. The molecule has 82 valence electrons. The average Bonchev–Trinajstić information content (AvgIpc) is 2.17. The summed E-state index contributed by atoms with van der Waals surface area (Å²) in [6.45, 7) is 0. The van der Waals surface area contributed by atoms with Crippen molar-refractivity contribution in [1.29, 1.82) is 0 Å². The molecule has 15 heavy (non-hydrogen) atoms. The molecule has 0 saturated heterocycles. The van der Waals surface area contributed by atoms with E-state index < -0.39 is 5.97 Å². The third-order valence-electron chi connectivity index (χ3n) is 2.78. The predicted molar refractivity (Wildman–Crippen MR) is 60.5 cm³/mol. The summed E-state index contributed by atoms with van der Waals surface area (Å²) in [6.07, 6.45) is 2.78. The number of nitrogens with two attached hydrogens (primary N) is 1. The monoisotopic (exact) mass is 227 g/mol. The molecule has 3 N–H and O–H groups in total. The zero-order chi connectivity index (χ0) is 10.1. The summed E-state index contributed by atoms with van der Waals surface area (Å²) in [5, 5.41) is 8.99. The molecule has 1 aromatic rings. The number of carbonyl (C=O) groups is 1. The first-order chi connectivity index (χ1) is 6.70. The number of aromatic carboxylic acids is 1. The lowest BCUT2D eigenvalue weighted by Crippen LogP contribution is -2.19. The molecule has 0 radical (unpaired) electrons. The molecule has 1 unspecified atom stereocenters. The maximum Gasteiger partial charge on any atom is 0.335 e. The van der Waals surface area contributed by atoms with Gasteiger partial charge in [-0.1, -0.05) is 12.1 Å². The Bertz CT molecular complexity index is 379. The topological polar surface area (TPSA) is 63.3 Å². The van der Waals surface area contributed by atoms with Gasteiger partial charge in [-0.15, -0.1) is 12.4 Å². The lowest BCUT2D eigenvalue weighted by molar-refractivity contribution is 0.0695. The summed E-state index contributed by atoms with van der Waals surface area (Å²) in [5.74, 6) is -0.851. The number of hydrogen-bond acceptors (Lipinski definition) is 2. The van der Waals surface area contributed by atoms with Crippen LogP contribution in [-0.2, 0) is 6.42 Å². The first-order valence-corrected chi connectivity index (χ1v) is 4.81. The van der Waals surface area contributed by atoms with Crippen molar-refractivity contribution in [2.45, 2.75) is 25.3 Å². The van der Waals surface area contributed by atoms with E-state index in [9.17, 15) is 4.79 Å². The summed E-state index contributed by atoms with van der Waals surface area (Å²) >= 11 is 0. The van der Waals surface area contributed by atoms with E-state index in [0.29, 0.717) is 5.56 Å². The van der Waals surface area contributed by atoms with E-state index in [4.69, 9.17) is 10.8 Å². The number of hydrogen-bond donors (Lipinski definition) is 2. The average molecular weight is 228 g/mol. The smallest absolute Gasteiger partial charge is 0.335 e. The third-order valence-corrected chi connectivity index (χ3v) is 2.78. The predicted octanol–water partition coefficient (Wildman–Crippen LogP) is 2.14. The molecule has 0 amide bonds. The Morgan fingerprint density at radius 1 is 1.47 bits per heavy atom. The number of carboxylic acid groups (broad SMARTS) is 1. The SMILES string of the molecule is Cl.NC1CCCc2c(C(=O)O)cccc21. The van der Waals surface area contributed by atoms with Crippen LogP contribution in [0.4, 0.5) is 0 Å². The van der Waals surface area contributed by atoms with Gasteiger partial charge < -0.3 is 10.8 Å². The minimum absolute atomic E-state index is 0. The van der Waals surface area contributed by atoms with Gasteiger partial charge in [0.2, 0.25) is 0 Å². The van der Waals surface area contributed by atoms with Crippen LogP contribution in [0.25, 0.3) is 0 Å². The normalized spacial score (nSPS) is 18.9. The van der Waals surface area contributed by atoms with E-state index >= 15 is 0 Å². The summed E-state index contributed by atoms with van der Waals surface area (Å²) in [7, 11) is 0. The van der Waals surface area contributed by atoms with Crippen LogP contribution in [0.3, 0.4) is 0 Å². The molecule has 1 aliphatic rings. The molecule has 0 spiro atoms. The Morgan fingerprint density at radius 3 is 2.87 bits per heavy atom. The summed E-state index contributed by atoms with van der Waals surface area (Å²) in [4.78, 5) is 10.9. The highest BCUT2D eigenvalue weighted by atomic mass is 35.5. The molecule has 3 nitrogen and oxygen atoms in total. The lowest BCUT2D eigenvalue weighted by atomic mass is 9.85. The second-order valence-electron chi connectivity index (χ2n) is 3.68. The van der Waals surface area contributed by atoms with Gasteiger partial charge >= 0.3 is 5.97 Å². The number of carboxylic acids is 1. The highest BCUT2D eigenvalue weighted by Gasteiger charge is 2.21. The van der Waals surface area contributed by atoms with Gasteiger partial charge in [0.15, 0.2) is 0 Å². The molecule has 0 bridgehead atoms. The Morgan fingerprint density at radius 2 is 2.20 bits per heavy atom. The van der Waals surface area contributed by atoms with Crippen LogP contribution in [0.1, 0.15) is 40.4 Å². The van der Waals surface area contributed by atoms with Crippen molar-refractivity contribution in [3.63, 3.8) is 0 Å². The van der Waals surface area contributed by atoms with Crippen molar-refractivity contribution < 1.29 is 9.90 Å². The van der Waals surface area contributed by atoms with E-state index in [1.54, 1.807) is 12.1 Å². The molecule has 0 fully saturated rings. The summed E-state index contributed by atoms with van der Waals surface area (Å²) in [6, 6.07) is 5.37. The fourth-order valence-corrected chi connectivity index (χ4v) is 2.09. The Kier molecular flexibility index (Phi) is 3.72. The van der Waals surface area contributed by atoms with Crippen molar-refractivity contribution in [3.05, 3.63) is 34.9 Å². The van der Waals surface area contributed by atoms with Gasteiger partial charge in [0, 0.05) is 6.04 Å². The highest BCUT2D eigenvalue weighted by Crippen LogP contribution is 2.29. The molecule has 0 aliphatic heterocycles. The van der Waals surface area contributed by atoms with E-state index in [1.165, 1.54) is 0 Å². The van der Waals surface area contributed by atoms with Crippen molar-refractivity contribution >= 4 is 18.4 Å². The Balaban J connectivity index is 0.00000112. The minimum atomic E-state index is -0.851. The fourth-order valence-electron chi connectivity index (χ4n) is 2.09. The standard InChI is InChI=1S/C11H13NO2.ClH/c12-10-6-2-3-7-8(10)4-1-5-9(7)11(13)14;/h1,4-5,10H,2-3,6,12H2,(H,13,14);1H. The van der Waals surface area contributed by atoms with Crippen LogP contribution in [0.2, 0.25) is 0 Å². The number of fused-ring (bicyclic) bond motifs is 1. The van der Waals surface area contributed by atoms with Crippen LogP contribution < -0.4 is 5.73 Å². The number of benzene rings is 1. The van der Waals surface area contributed by atoms with Crippen LogP contribution >= 0.6 is 12.4 Å². The second kappa shape index (κ2) is 4.64. The number of rotatable bonds is 1. The van der Waals surface area contributed by atoms with Gasteiger partial charge in [-0.25, -0.2) is 4.79 Å². The molecule has 1 aromatic carbocycles. The summed E-state index contributed by atoms with van der Waals surface area (Å²) < 4.78 is 0. The Labute approximate surface area is 94.7 Å². The molecular formula is C11H14ClNO2. The second-order valence-corrected chi connectivity index (χ2v) is 3.68. The lowest BCUT2D eigenvalue weighted by Gasteiger charge is -2.23. The first-order valence-electron chi connectivity index (χ1n) is 4.81. The van der Waals surface area contributed by atoms with Crippen LogP contribution in [-0.4, -0.2) is 11.1 Å². The van der Waals surface area contributed by atoms with Gasteiger partial charge in [0.1, 0.15) is 0 Å². The van der Waals surface area contributed by atoms with Gasteiger partial charge in [-0.2, -0.15) is 0 Å². The summed E-state index contributed by atoms with van der Waals surface area (Å²) in [5.41, 5.74) is 8.28.